The van der Waals surface area contributed by atoms with Gasteiger partial charge in [-0.25, -0.2) is 0 Å². The van der Waals surface area contributed by atoms with Gasteiger partial charge in [-0.15, -0.1) is 13.2 Å². The van der Waals surface area contributed by atoms with E-state index in [0.717, 1.165) is 29.6 Å². The number of hydrogen-bond donors (Lipinski definition) is 2. The molecule has 1 amide bonds. The molecule has 0 aliphatic rings. The van der Waals surface area contributed by atoms with Crippen molar-refractivity contribution in [3.8, 4) is 5.75 Å². The second kappa shape index (κ2) is 11.3. The van der Waals surface area contributed by atoms with Crippen LogP contribution in [0.4, 0.5) is 13.2 Å². The number of halogens is 3. The van der Waals surface area contributed by atoms with Crippen LogP contribution in [0.5, 0.6) is 5.75 Å². The third-order valence-electron chi connectivity index (χ3n) is 4.32. The summed E-state index contributed by atoms with van der Waals surface area (Å²) in [6.07, 6.45) is 3.70. The van der Waals surface area contributed by atoms with Gasteiger partial charge in [0.05, 0.1) is 16.9 Å². The Balaban J connectivity index is 1.52. The summed E-state index contributed by atoms with van der Waals surface area (Å²) in [6.45, 7) is 4.21. The van der Waals surface area contributed by atoms with Gasteiger partial charge < -0.3 is 25.6 Å². The van der Waals surface area contributed by atoms with Crippen molar-refractivity contribution in [2.24, 2.45) is 5.73 Å². The highest BCUT2D eigenvalue weighted by Gasteiger charge is 2.31. The molecule has 3 aromatic rings. The van der Waals surface area contributed by atoms with Crippen LogP contribution in [-0.2, 0) is 6.54 Å². The number of carbonyl (C=O) groups is 1. The predicted molar refractivity (Wildman–Crippen MR) is 125 cm³/mol. The molecule has 8 nitrogen and oxygen atoms in total. The lowest BCUT2D eigenvalue weighted by atomic mass is 10.2. The molecule has 3 N–H and O–H groups in total. The molecule has 0 aromatic carbocycles. The van der Waals surface area contributed by atoms with Crippen molar-refractivity contribution in [1.82, 2.24) is 14.9 Å². The number of rotatable bonds is 9. The Hall–Kier alpha value is -4.19. The number of nitrogens with zero attached hydrogens (tertiary/aromatic N) is 3. The Morgan fingerprint density at radius 1 is 1.29 bits per heavy atom. The Kier molecular flexibility index (Phi) is 8.21. The number of nitrogens with two attached hydrogens (primary N) is 1. The fraction of sp³-hybridized carbons (Fsp3) is 0.0870. The van der Waals surface area contributed by atoms with Crippen LogP contribution in [-0.4, -0.2) is 21.8 Å². The quantitative estimate of drug-likeness (QED) is 0.260. The smallest absolute Gasteiger partial charge is 0.573 e. The van der Waals surface area contributed by atoms with Gasteiger partial charge in [0.15, 0.2) is 12.4 Å². The Bertz CT molecular complexity index is 1240. The van der Waals surface area contributed by atoms with E-state index >= 15 is 0 Å². The molecule has 0 saturated carbocycles. The third-order valence-corrected chi connectivity index (χ3v) is 5.09. The zero-order chi connectivity index (χ0) is 25.4. The van der Waals surface area contributed by atoms with Gasteiger partial charge in [0.1, 0.15) is 11.4 Å². The van der Waals surface area contributed by atoms with Crippen LogP contribution in [0.2, 0.25) is 0 Å². The van der Waals surface area contributed by atoms with E-state index in [1.54, 1.807) is 40.4 Å². The number of alkyl halides is 3. The Morgan fingerprint density at radius 2 is 2.03 bits per heavy atom. The first-order valence-corrected chi connectivity index (χ1v) is 10.8. The summed E-state index contributed by atoms with van der Waals surface area (Å²) in [7, 11) is 0. The van der Waals surface area contributed by atoms with E-state index < -0.39 is 12.1 Å². The van der Waals surface area contributed by atoms with Crippen molar-refractivity contribution >= 4 is 23.7 Å². The van der Waals surface area contributed by atoms with Gasteiger partial charge in [-0.05, 0) is 42.0 Å². The van der Waals surface area contributed by atoms with Crippen molar-refractivity contribution in [3.63, 3.8) is 0 Å². The van der Waals surface area contributed by atoms with Crippen molar-refractivity contribution in [2.45, 2.75) is 12.9 Å². The van der Waals surface area contributed by atoms with Gasteiger partial charge in [0.25, 0.3) is 5.91 Å². The van der Waals surface area contributed by atoms with E-state index in [2.05, 4.69) is 21.6 Å². The van der Waals surface area contributed by atoms with Crippen LogP contribution in [0.25, 0.3) is 6.08 Å². The lowest BCUT2D eigenvalue weighted by molar-refractivity contribution is -0.605. The van der Waals surface area contributed by atoms with Crippen molar-refractivity contribution in [3.05, 3.63) is 112 Å². The Morgan fingerprint density at radius 3 is 2.69 bits per heavy atom. The van der Waals surface area contributed by atoms with E-state index in [9.17, 15) is 23.2 Å². The van der Waals surface area contributed by atoms with Gasteiger partial charge in [-0.3, -0.25) is 9.78 Å². The highest BCUT2D eigenvalue weighted by molar-refractivity contribution is 8.05. The molecule has 0 bridgehead atoms. The summed E-state index contributed by atoms with van der Waals surface area (Å²) >= 11 is 1.09. The highest BCUT2D eigenvalue weighted by Crippen LogP contribution is 2.22. The number of thioether (sulfide) groups is 1. The number of allylic oxidation sites excluding steroid dienone is 1. The van der Waals surface area contributed by atoms with Crippen LogP contribution in [0.15, 0.2) is 90.0 Å². The Labute approximate surface area is 202 Å². The SMILES string of the molecule is C=C(NC(=O)c1cccn1Cc1cc[n+]([O-])cc1)S/C=C(N)/C=C/c1ccc(OC(F)(F)F)cn1. The largest absolute Gasteiger partial charge is 0.619 e. The minimum atomic E-state index is -4.78. The first kappa shape index (κ1) is 25.4. The van der Waals surface area contributed by atoms with E-state index in [4.69, 9.17) is 5.73 Å². The van der Waals surface area contributed by atoms with Crippen LogP contribution in [0.3, 0.4) is 0 Å². The molecule has 182 valence electrons. The van der Waals surface area contributed by atoms with Crippen LogP contribution >= 0.6 is 11.8 Å². The number of hydrogen-bond acceptors (Lipinski definition) is 6. The number of aromatic nitrogens is 3. The molecular formula is C23H20F3N5O3S. The number of carbonyl (C=O) groups excluding carboxylic acids is 1. The molecule has 3 rings (SSSR count). The first-order valence-electron chi connectivity index (χ1n) is 9.94. The molecule has 3 heterocycles. The van der Waals surface area contributed by atoms with Crippen LogP contribution in [0.1, 0.15) is 21.7 Å². The molecule has 0 spiro atoms. The number of pyridine rings is 2. The van der Waals surface area contributed by atoms with E-state index in [1.807, 2.05) is 0 Å². The van der Waals surface area contributed by atoms with Crippen LogP contribution < -0.4 is 20.5 Å². The first-order chi connectivity index (χ1) is 16.6. The topological polar surface area (TPSA) is 109 Å². The third kappa shape index (κ3) is 8.27. The fourth-order valence-corrected chi connectivity index (χ4v) is 3.28. The lowest BCUT2D eigenvalue weighted by Crippen LogP contribution is -2.25. The molecule has 0 aliphatic heterocycles. The van der Waals surface area contributed by atoms with Gasteiger partial charge in [0, 0.05) is 36.0 Å². The van der Waals surface area contributed by atoms with Gasteiger partial charge >= 0.3 is 6.36 Å². The number of ether oxygens (including phenoxy) is 1. The monoisotopic (exact) mass is 503 g/mol. The minimum Gasteiger partial charge on any atom is -0.619 e. The van der Waals surface area contributed by atoms with Gasteiger partial charge in [-0.1, -0.05) is 18.3 Å². The maximum atomic E-state index is 12.6. The number of amides is 1. The van der Waals surface area contributed by atoms with Crippen LogP contribution in [0, 0.1) is 5.21 Å². The highest BCUT2D eigenvalue weighted by atomic mass is 32.2. The molecule has 3 aromatic heterocycles. The average molecular weight is 504 g/mol. The fourth-order valence-electron chi connectivity index (χ4n) is 2.77. The maximum Gasteiger partial charge on any atom is 0.573 e. The zero-order valence-corrected chi connectivity index (χ0v) is 18.9. The maximum absolute atomic E-state index is 12.6. The summed E-state index contributed by atoms with van der Waals surface area (Å²) in [5, 5.41) is 15.7. The summed E-state index contributed by atoms with van der Waals surface area (Å²) in [6, 6.07) is 9.23. The normalized spacial score (nSPS) is 12.0. The standard InChI is InChI=1S/C23H20F3N5O3S/c1-16(29-22(32)21-3-2-10-30(21)14-17-8-11-31(33)12-9-17)35-15-18(27)4-5-19-6-7-20(13-28-19)34-23(24,25)26/h2-13,15H,1,14,27H2,(H,29,32)/b5-4+,18-15-. The second-order valence-corrected chi connectivity index (χ2v) is 7.96. The lowest BCUT2D eigenvalue weighted by Gasteiger charge is -2.10. The van der Waals surface area contributed by atoms with Crippen molar-refractivity contribution < 1.29 is 27.4 Å². The van der Waals surface area contributed by atoms with E-state index in [0.29, 0.717) is 33.4 Å². The van der Waals surface area contributed by atoms with Gasteiger partial charge in [-0.2, -0.15) is 4.73 Å². The van der Waals surface area contributed by atoms with Crippen molar-refractivity contribution in [1.29, 1.82) is 0 Å². The summed E-state index contributed by atoms with van der Waals surface area (Å²) < 4.78 is 42.8. The van der Waals surface area contributed by atoms with Gasteiger partial charge in [0.2, 0.25) is 0 Å². The average Bonchev–Trinajstić information content (AvgIpc) is 3.26. The molecular weight excluding hydrogens is 483 g/mol. The minimum absolute atomic E-state index is 0.311. The molecule has 35 heavy (non-hydrogen) atoms. The molecule has 0 fully saturated rings. The number of nitrogens with one attached hydrogen (secondary N) is 1. The van der Waals surface area contributed by atoms with E-state index in [1.165, 1.54) is 30.6 Å². The summed E-state index contributed by atoms with van der Waals surface area (Å²) in [4.78, 5) is 16.5. The summed E-state index contributed by atoms with van der Waals surface area (Å²) in [5.74, 6) is -0.790. The predicted octanol–water partition coefficient (Wildman–Crippen LogP) is 3.91. The summed E-state index contributed by atoms with van der Waals surface area (Å²) in [5.41, 5.74) is 7.85. The van der Waals surface area contributed by atoms with E-state index in [-0.39, 0.29) is 5.91 Å². The molecule has 12 heteroatoms. The molecule has 0 atom stereocenters. The molecule has 0 aliphatic carbocycles. The second-order valence-electron chi connectivity index (χ2n) is 7.00. The molecule has 0 radical (unpaired) electrons. The molecule has 0 unspecified atom stereocenters. The van der Waals surface area contributed by atoms with Crippen molar-refractivity contribution in [2.75, 3.05) is 0 Å². The molecule has 0 saturated heterocycles. The zero-order valence-electron chi connectivity index (χ0n) is 18.1.